The first-order chi connectivity index (χ1) is 11.1. The molecule has 3 rings (SSSR count). The number of halogens is 1. The molecule has 1 aliphatic rings. The van der Waals surface area contributed by atoms with Crippen LogP contribution in [0.3, 0.4) is 0 Å². The van der Waals surface area contributed by atoms with E-state index in [-0.39, 0.29) is 36.4 Å². The Morgan fingerprint density at radius 1 is 1.13 bits per heavy atom. The molecule has 3 nitrogen and oxygen atoms in total. The summed E-state index contributed by atoms with van der Waals surface area (Å²) >= 11 is 1.40. The molecule has 0 spiro atoms. The summed E-state index contributed by atoms with van der Waals surface area (Å²) in [5.41, 5.74) is 0.913. The number of nitrogens with zero attached hydrogens (tertiary/aromatic N) is 1. The fourth-order valence-electron chi connectivity index (χ4n) is 2.52. The molecule has 2 aromatic rings. The molecule has 23 heavy (non-hydrogen) atoms. The van der Waals surface area contributed by atoms with Crippen molar-refractivity contribution in [2.45, 2.75) is 38.3 Å². The Bertz CT molecular complexity index is 678. The number of rotatable bonds is 7. The molecule has 1 aromatic carbocycles. The van der Waals surface area contributed by atoms with Gasteiger partial charge in [-0.05, 0) is 42.0 Å². The lowest BCUT2D eigenvalue weighted by atomic mass is 10.1. The van der Waals surface area contributed by atoms with Crippen molar-refractivity contribution in [1.82, 2.24) is 4.90 Å². The third-order valence-electron chi connectivity index (χ3n) is 3.94. The van der Waals surface area contributed by atoms with Crippen LogP contribution in [0.2, 0.25) is 0 Å². The highest BCUT2D eigenvalue weighted by atomic mass is 32.1. The molecular weight excluding hydrogens is 313 g/mol. The van der Waals surface area contributed by atoms with E-state index in [4.69, 9.17) is 0 Å². The maximum Gasteiger partial charge on any atom is 0.223 e. The lowest BCUT2D eigenvalue weighted by Crippen LogP contribution is -2.32. The summed E-state index contributed by atoms with van der Waals surface area (Å²) in [6, 6.07) is 10.1. The second-order valence-corrected chi connectivity index (χ2v) is 6.73. The van der Waals surface area contributed by atoms with E-state index >= 15 is 0 Å². The van der Waals surface area contributed by atoms with Crippen LogP contribution in [0.5, 0.6) is 0 Å². The Morgan fingerprint density at radius 3 is 2.48 bits per heavy atom. The summed E-state index contributed by atoms with van der Waals surface area (Å²) in [5, 5.41) is 1.86. The fourth-order valence-corrected chi connectivity index (χ4v) is 3.21. The molecule has 0 radical (unpaired) electrons. The van der Waals surface area contributed by atoms with Gasteiger partial charge in [0.05, 0.1) is 4.88 Å². The van der Waals surface area contributed by atoms with E-state index in [2.05, 4.69) is 0 Å². The van der Waals surface area contributed by atoms with Crippen LogP contribution in [-0.2, 0) is 11.3 Å². The average Bonchev–Trinajstić information content (AvgIpc) is 3.24. The van der Waals surface area contributed by atoms with Crippen LogP contribution in [0.1, 0.15) is 40.9 Å². The van der Waals surface area contributed by atoms with Crippen LogP contribution in [0.15, 0.2) is 41.8 Å². The zero-order valence-electron chi connectivity index (χ0n) is 12.7. The Labute approximate surface area is 138 Å². The van der Waals surface area contributed by atoms with Crippen LogP contribution >= 0.6 is 11.3 Å². The number of carbonyl (C=O) groups excluding carboxylic acids is 2. The lowest BCUT2D eigenvalue weighted by Gasteiger charge is -2.22. The molecule has 1 amide bonds. The number of hydrogen-bond acceptors (Lipinski definition) is 3. The zero-order valence-corrected chi connectivity index (χ0v) is 13.5. The minimum Gasteiger partial charge on any atom is -0.335 e. The maximum atomic E-state index is 13.0. The SMILES string of the molecule is O=C(CCC(=O)N(Cc1ccc(F)cc1)C1CC1)c1cccs1. The lowest BCUT2D eigenvalue weighted by molar-refractivity contribution is -0.132. The van der Waals surface area contributed by atoms with Gasteiger partial charge in [0.1, 0.15) is 5.82 Å². The molecule has 5 heteroatoms. The Kier molecular flexibility index (Phi) is 4.86. The van der Waals surface area contributed by atoms with Crippen LogP contribution in [-0.4, -0.2) is 22.6 Å². The summed E-state index contributed by atoms with van der Waals surface area (Å²) in [7, 11) is 0. The van der Waals surface area contributed by atoms with Crippen LogP contribution in [0, 0.1) is 5.82 Å². The molecule has 0 N–H and O–H groups in total. The fraction of sp³-hybridized carbons (Fsp3) is 0.333. The van der Waals surface area contributed by atoms with Crippen molar-refractivity contribution in [2.24, 2.45) is 0 Å². The van der Waals surface area contributed by atoms with Gasteiger partial charge in [-0.25, -0.2) is 4.39 Å². The molecule has 0 aliphatic heterocycles. The van der Waals surface area contributed by atoms with Gasteiger partial charge in [0, 0.05) is 25.4 Å². The van der Waals surface area contributed by atoms with Crippen molar-refractivity contribution in [2.75, 3.05) is 0 Å². The summed E-state index contributed by atoms with van der Waals surface area (Å²) in [6.45, 7) is 0.483. The van der Waals surface area contributed by atoms with Gasteiger partial charge in [-0.2, -0.15) is 0 Å². The summed E-state index contributed by atoms with van der Waals surface area (Å²) < 4.78 is 13.0. The molecule has 1 heterocycles. The smallest absolute Gasteiger partial charge is 0.223 e. The molecule has 1 aliphatic carbocycles. The number of Topliss-reactive ketones (excluding diaryl/α,β-unsaturated/α-hetero) is 1. The summed E-state index contributed by atoms with van der Waals surface area (Å²) in [6.07, 6.45) is 2.48. The first kappa shape index (κ1) is 15.9. The maximum absolute atomic E-state index is 13.0. The van der Waals surface area contributed by atoms with E-state index in [1.54, 1.807) is 18.2 Å². The minimum absolute atomic E-state index is 0.00160. The quantitative estimate of drug-likeness (QED) is 0.718. The number of thiophene rings is 1. The van der Waals surface area contributed by atoms with E-state index in [0.29, 0.717) is 11.4 Å². The van der Waals surface area contributed by atoms with E-state index in [9.17, 15) is 14.0 Å². The molecule has 1 fully saturated rings. The molecule has 1 aromatic heterocycles. The standard InChI is InChI=1S/C18H18FNO2S/c19-14-5-3-13(4-6-14)12-20(15-7-8-15)18(22)10-9-16(21)17-2-1-11-23-17/h1-6,11,15H,7-10,12H2. The number of ketones is 1. The van der Waals surface area contributed by atoms with E-state index in [1.807, 2.05) is 16.3 Å². The molecule has 1 saturated carbocycles. The Hall–Kier alpha value is -2.01. The third-order valence-corrected chi connectivity index (χ3v) is 4.85. The minimum atomic E-state index is -0.278. The van der Waals surface area contributed by atoms with Gasteiger partial charge in [-0.15, -0.1) is 11.3 Å². The van der Waals surface area contributed by atoms with Crippen molar-refractivity contribution in [1.29, 1.82) is 0 Å². The van der Waals surface area contributed by atoms with Crippen LogP contribution < -0.4 is 0 Å². The van der Waals surface area contributed by atoms with E-state index in [1.165, 1.54) is 23.5 Å². The van der Waals surface area contributed by atoms with Gasteiger partial charge in [0.2, 0.25) is 5.91 Å². The van der Waals surface area contributed by atoms with Gasteiger partial charge in [0.25, 0.3) is 0 Å². The third kappa shape index (κ3) is 4.26. The topological polar surface area (TPSA) is 37.4 Å². The number of carbonyl (C=O) groups is 2. The van der Waals surface area contributed by atoms with Gasteiger partial charge in [-0.1, -0.05) is 18.2 Å². The zero-order chi connectivity index (χ0) is 16.2. The van der Waals surface area contributed by atoms with Crippen LogP contribution in [0.25, 0.3) is 0 Å². The Morgan fingerprint density at radius 2 is 1.87 bits per heavy atom. The molecule has 0 unspecified atom stereocenters. The molecule has 0 atom stereocenters. The van der Waals surface area contributed by atoms with Crippen molar-refractivity contribution in [3.05, 3.63) is 58.0 Å². The van der Waals surface area contributed by atoms with E-state index < -0.39 is 0 Å². The second-order valence-electron chi connectivity index (χ2n) is 5.78. The Balaban J connectivity index is 1.58. The molecule has 0 saturated heterocycles. The van der Waals surface area contributed by atoms with Gasteiger partial charge in [-0.3, -0.25) is 9.59 Å². The van der Waals surface area contributed by atoms with Crippen LogP contribution in [0.4, 0.5) is 4.39 Å². The van der Waals surface area contributed by atoms with Crippen molar-refractivity contribution in [3.8, 4) is 0 Å². The average molecular weight is 331 g/mol. The normalized spacial score (nSPS) is 13.8. The summed E-state index contributed by atoms with van der Waals surface area (Å²) in [5.74, 6) is -0.257. The van der Waals surface area contributed by atoms with Crippen molar-refractivity contribution in [3.63, 3.8) is 0 Å². The highest BCUT2D eigenvalue weighted by molar-refractivity contribution is 7.12. The first-order valence-electron chi connectivity index (χ1n) is 7.74. The second kappa shape index (κ2) is 7.04. The molecule has 0 bridgehead atoms. The van der Waals surface area contributed by atoms with Gasteiger partial charge in [0.15, 0.2) is 5.78 Å². The number of benzene rings is 1. The van der Waals surface area contributed by atoms with Crippen molar-refractivity contribution < 1.29 is 14.0 Å². The number of amides is 1. The molecule has 120 valence electrons. The highest BCUT2D eigenvalue weighted by Gasteiger charge is 2.32. The predicted octanol–water partition coefficient (Wildman–Crippen LogP) is 4.04. The molecular formula is C18H18FNO2S. The van der Waals surface area contributed by atoms with Gasteiger partial charge >= 0.3 is 0 Å². The largest absolute Gasteiger partial charge is 0.335 e. The predicted molar refractivity (Wildman–Crippen MR) is 87.9 cm³/mol. The van der Waals surface area contributed by atoms with Crippen molar-refractivity contribution >= 4 is 23.0 Å². The van der Waals surface area contributed by atoms with E-state index in [0.717, 1.165) is 18.4 Å². The summed E-state index contributed by atoms with van der Waals surface area (Å²) in [4.78, 5) is 27.0. The number of hydrogen-bond donors (Lipinski definition) is 0. The monoisotopic (exact) mass is 331 g/mol. The highest BCUT2D eigenvalue weighted by Crippen LogP contribution is 2.29. The first-order valence-corrected chi connectivity index (χ1v) is 8.62. The van der Waals surface area contributed by atoms with Gasteiger partial charge < -0.3 is 4.90 Å².